The number of nitrogens with one attached hydrogen (secondary N) is 3. The minimum absolute atomic E-state index is 0.0317. The Morgan fingerprint density at radius 1 is 0.879 bits per heavy atom. The molecule has 0 aliphatic rings. The fourth-order valence-corrected chi connectivity index (χ4v) is 2.80. The van der Waals surface area contributed by atoms with Gasteiger partial charge >= 0.3 is 11.8 Å². The van der Waals surface area contributed by atoms with Gasteiger partial charge in [0.15, 0.2) is 0 Å². The zero-order valence-electron chi connectivity index (χ0n) is 17.9. The van der Waals surface area contributed by atoms with Crippen molar-refractivity contribution in [3.05, 3.63) is 95.0 Å². The van der Waals surface area contributed by atoms with Gasteiger partial charge in [-0.3, -0.25) is 14.4 Å². The molecule has 0 fully saturated rings. The predicted octanol–water partition coefficient (Wildman–Crippen LogP) is 3.07. The quantitative estimate of drug-likeness (QED) is 0.295. The van der Waals surface area contributed by atoms with Crippen LogP contribution in [-0.4, -0.2) is 17.7 Å². The third-order valence-electron chi connectivity index (χ3n) is 4.57. The minimum atomic E-state index is -0.818. The summed E-state index contributed by atoms with van der Waals surface area (Å²) < 4.78 is 5.54. The first-order chi connectivity index (χ1) is 15.9. The van der Waals surface area contributed by atoms with Crippen LogP contribution in [0.15, 0.2) is 76.7 Å². The molecule has 0 atom stereocenters. The molecule has 0 unspecified atom stereocenters. The molecule has 1 heterocycles. The first-order valence-corrected chi connectivity index (χ1v) is 10.1. The van der Waals surface area contributed by atoms with E-state index >= 15 is 0 Å². The van der Waals surface area contributed by atoms with Crippen LogP contribution in [0.2, 0.25) is 0 Å². The second kappa shape index (κ2) is 11.1. The summed E-state index contributed by atoms with van der Waals surface area (Å²) in [5.41, 5.74) is 2.34. The molecule has 3 aromatic rings. The summed E-state index contributed by atoms with van der Waals surface area (Å²) in [7, 11) is 0. The largest absolute Gasteiger partial charge is 0.460 e. The zero-order chi connectivity index (χ0) is 23.6. The molecule has 166 valence electrons. The molecule has 3 N–H and O–H groups in total. The lowest BCUT2D eigenvalue weighted by Gasteiger charge is -2.06. The van der Waals surface area contributed by atoms with E-state index in [-0.39, 0.29) is 17.9 Å². The molecule has 0 bridgehead atoms. The van der Waals surface area contributed by atoms with Crippen LogP contribution >= 0.6 is 0 Å². The first-order valence-electron chi connectivity index (χ1n) is 10.1. The van der Waals surface area contributed by atoms with Crippen molar-refractivity contribution < 1.29 is 18.8 Å². The number of anilines is 1. The number of benzene rings is 2. The molecule has 3 amide bonds. The highest BCUT2D eigenvalue weighted by Crippen LogP contribution is 2.13. The normalized spacial score (nSPS) is 10.7. The topological polar surface area (TPSA) is 124 Å². The molecule has 8 nitrogen and oxygen atoms in total. The van der Waals surface area contributed by atoms with Gasteiger partial charge in [-0.1, -0.05) is 48.0 Å². The molecule has 0 aliphatic carbocycles. The van der Waals surface area contributed by atoms with Crippen molar-refractivity contribution in [2.24, 2.45) is 0 Å². The lowest BCUT2D eigenvalue weighted by Crippen LogP contribution is -2.34. The number of carbonyl (C=O) groups is 3. The summed E-state index contributed by atoms with van der Waals surface area (Å²) in [5.74, 6) is -1.51. The number of aryl methyl sites for hydroxylation is 1. The van der Waals surface area contributed by atoms with Crippen LogP contribution in [0.1, 0.15) is 22.6 Å². The maximum absolute atomic E-state index is 12.3. The van der Waals surface area contributed by atoms with Gasteiger partial charge in [-0.15, -0.1) is 0 Å². The average Bonchev–Trinajstić information content (AvgIpc) is 3.29. The van der Waals surface area contributed by atoms with E-state index in [0.29, 0.717) is 18.0 Å². The summed E-state index contributed by atoms with van der Waals surface area (Å²) >= 11 is 0. The Morgan fingerprint density at radius 2 is 1.58 bits per heavy atom. The highest BCUT2D eigenvalue weighted by Gasteiger charge is 2.15. The van der Waals surface area contributed by atoms with E-state index in [2.05, 4.69) is 16.0 Å². The van der Waals surface area contributed by atoms with Crippen molar-refractivity contribution in [2.45, 2.75) is 20.0 Å². The van der Waals surface area contributed by atoms with Crippen molar-refractivity contribution in [3.8, 4) is 6.07 Å². The smallest absolute Gasteiger partial charge is 0.313 e. The van der Waals surface area contributed by atoms with E-state index in [1.54, 1.807) is 24.3 Å². The van der Waals surface area contributed by atoms with Crippen molar-refractivity contribution in [1.29, 1.82) is 5.26 Å². The van der Waals surface area contributed by atoms with Crippen molar-refractivity contribution >= 4 is 29.5 Å². The highest BCUT2D eigenvalue weighted by molar-refractivity contribution is 6.39. The van der Waals surface area contributed by atoms with E-state index in [9.17, 15) is 19.6 Å². The standard InChI is InChI=1S/C25H22N4O4/c1-17-7-9-20(10-8-17)29-25(32)24(31)28-16-22-12-11-21(33-22)13-19(14-26)23(30)27-15-18-5-3-2-4-6-18/h2-13H,15-16H2,1H3,(H,27,30)(H,28,31)(H,29,32)/b19-13-. The molecule has 0 saturated heterocycles. The van der Waals surface area contributed by atoms with Gasteiger partial charge in [0.05, 0.1) is 6.54 Å². The Morgan fingerprint density at radius 3 is 2.27 bits per heavy atom. The van der Waals surface area contributed by atoms with Crippen LogP contribution in [0.5, 0.6) is 0 Å². The third-order valence-corrected chi connectivity index (χ3v) is 4.57. The van der Waals surface area contributed by atoms with Crippen molar-refractivity contribution in [1.82, 2.24) is 10.6 Å². The SMILES string of the molecule is Cc1ccc(NC(=O)C(=O)NCc2ccc(/C=C(/C#N)C(=O)NCc3ccccc3)o2)cc1. The molecule has 3 rings (SSSR count). The molecule has 8 heteroatoms. The third kappa shape index (κ3) is 6.94. The second-order valence-electron chi connectivity index (χ2n) is 7.14. The molecule has 33 heavy (non-hydrogen) atoms. The number of hydrogen-bond acceptors (Lipinski definition) is 5. The lowest BCUT2D eigenvalue weighted by atomic mass is 10.2. The van der Waals surface area contributed by atoms with E-state index < -0.39 is 17.7 Å². The number of carbonyl (C=O) groups excluding carboxylic acids is 3. The van der Waals surface area contributed by atoms with Crippen LogP contribution in [0.25, 0.3) is 6.08 Å². The van der Waals surface area contributed by atoms with Crippen LogP contribution in [0.4, 0.5) is 5.69 Å². The van der Waals surface area contributed by atoms with Crippen LogP contribution in [-0.2, 0) is 27.5 Å². The van der Waals surface area contributed by atoms with Gasteiger partial charge in [0.1, 0.15) is 23.2 Å². The van der Waals surface area contributed by atoms with Gasteiger partial charge in [0.2, 0.25) is 0 Å². The predicted molar refractivity (Wildman–Crippen MR) is 122 cm³/mol. The first kappa shape index (κ1) is 23.0. The fraction of sp³-hybridized carbons (Fsp3) is 0.120. The molecular weight excluding hydrogens is 420 g/mol. The van der Waals surface area contributed by atoms with Gasteiger partial charge in [0.25, 0.3) is 5.91 Å². The number of amides is 3. The molecule has 0 radical (unpaired) electrons. The van der Waals surface area contributed by atoms with E-state index in [4.69, 9.17) is 4.42 Å². The molecule has 0 aliphatic heterocycles. The van der Waals surface area contributed by atoms with Crippen LogP contribution in [0, 0.1) is 18.3 Å². The maximum atomic E-state index is 12.3. The summed E-state index contributed by atoms with van der Waals surface area (Å²) in [6, 6.07) is 21.4. The Labute approximate surface area is 190 Å². The summed E-state index contributed by atoms with van der Waals surface area (Å²) in [6.45, 7) is 2.18. The highest BCUT2D eigenvalue weighted by atomic mass is 16.3. The van der Waals surface area contributed by atoms with E-state index in [0.717, 1.165) is 11.1 Å². The molecule has 0 saturated carbocycles. The number of furan rings is 1. The molecule has 0 spiro atoms. The van der Waals surface area contributed by atoms with E-state index in [1.165, 1.54) is 6.08 Å². The zero-order valence-corrected chi connectivity index (χ0v) is 17.9. The minimum Gasteiger partial charge on any atom is -0.460 e. The van der Waals surface area contributed by atoms with Crippen LogP contribution in [0.3, 0.4) is 0 Å². The molecular formula is C25H22N4O4. The van der Waals surface area contributed by atoms with E-state index in [1.807, 2.05) is 55.5 Å². The molecule has 1 aromatic heterocycles. The Hall–Kier alpha value is -4.64. The summed E-state index contributed by atoms with van der Waals surface area (Å²) in [5, 5.41) is 17.0. The fourth-order valence-electron chi connectivity index (χ4n) is 2.80. The number of nitriles is 1. The average molecular weight is 442 g/mol. The Bertz CT molecular complexity index is 1210. The van der Waals surface area contributed by atoms with Gasteiger partial charge in [-0.25, -0.2) is 0 Å². The summed E-state index contributed by atoms with van der Waals surface area (Å²) in [4.78, 5) is 36.3. The van der Waals surface area contributed by atoms with Crippen molar-refractivity contribution in [2.75, 3.05) is 5.32 Å². The number of nitrogens with zero attached hydrogens (tertiary/aromatic N) is 1. The van der Waals surface area contributed by atoms with Crippen LogP contribution < -0.4 is 16.0 Å². The second-order valence-corrected chi connectivity index (χ2v) is 7.14. The summed E-state index contributed by atoms with van der Waals surface area (Å²) in [6.07, 6.45) is 1.32. The Kier molecular flexibility index (Phi) is 7.76. The van der Waals surface area contributed by atoms with Gasteiger partial charge < -0.3 is 20.4 Å². The number of rotatable bonds is 7. The maximum Gasteiger partial charge on any atom is 0.313 e. The lowest BCUT2D eigenvalue weighted by molar-refractivity contribution is -0.136. The number of hydrogen-bond donors (Lipinski definition) is 3. The monoisotopic (exact) mass is 442 g/mol. The van der Waals surface area contributed by atoms with Gasteiger partial charge in [-0.05, 0) is 36.8 Å². The van der Waals surface area contributed by atoms with Gasteiger partial charge in [0, 0.05) is 18.3 Å². The van der Waals surface area contributed by atoms with Crippen molar-refractivity contribution in [3.63, 3.8) is 0 Å². The van der Waals surface area contributed by atoms with Gasteiger partial charge in [-0.2, -0.15) is 5.26 Å². The molecule has 2 aromatic carbocycles. The Balaban J connectivity index is 1.52.